The molecule has 0 unspecified atom stereocenters. The molecule has 0 atom stereocenters. The van der Waals surface area contributed by atoms with Gasteiger partial charge >= 0.3 is 5.97 Å². The number of rotatable bonds is 12. The van der Waals surface area contributed by atoms with Gasteiger partial charge in [-0.3, -0.25) is 9.59 Å². The van der Waals surface area contributed by atoms with Crippen LogP contribution in [-0.4, -0.2) is 59.4 Å². The molecular formula is C35H34N4O7. The quantitative estimate of drug-likeness (QED) is 0.0750. The average molecular weight is 623 g/mol. The minimum absolute atomic E-state index is 0.0117. The van der Waals surface area contributed by atoms with E-state index in [2.05, 4.69) is 15.8 Å². The minimum Gasteiger partial charge on any atom is -0.493 e. The largest absolute Gasteiger partial charge is 0.493 e. The molecule has 4 aromatic carbocycles. The Morgan fingerprint density at radius 2 is 1.35 bits per heavy atom. The molecule has 0 radical (unpaired) electrons. The Morgan fingerprint density at radius 3 is 1.91 bits per heavy atom. The van der Waals surface area contributed by atoms with Crippen LogP contribution in [0, 0.1) is 0 Å². The molecule has 0 saturated heterocycles. The van der Waals surface area contributed by atoms with Gasteiger partial charge in [-0.25, -0.2) is 10.2 Å². The Hall–Kier alpha value is -6.10. The minimum atomic E-state index is -0.624. The lowest BCUT2D eigenvalue weighted by molar-refractivity contribution is -0.117. The first-order valence-electron chi connectivity index (χ1n) is 14.0. The highest BCUT2D eigenvalue weighted by atomic mass is 16.5. The second-order valence-electron chi connectivity index (χ2n) is 9.94. The van der Waals surface area contributed by atoms with Crippen LogP contribution in [0.4, 0.5) is 5.69 Å². The smallest absolute Gasteiger partial charge is 0.343 e. The van der Waals surface area contributed by atoms with Gasteiger partial charge in [0.25, 0.3) is 11.8 Å². The number of esters is 1. The SMILES string of the molecule is COc1cc(C(=O)Oc2ccc(/C=N\NC(=O)/C(=C/c3ccc(N(C)C)cc3)NC(=O)c3ccccc3)cc2)cc(OC)c1OC. The van der Waals surface area contributed by atoms with Gasteiger partial charge in [0.05, 0.1) is 33.1 Å². The fraction of sp³-hybridized carbons (Fsp3) is 0.143. The Labute approximate surface area is 267 Å². The fourth-order valence-electron chi connectivity index (χ4n) is 4.19. The highest BCUT2D eigenvalue weighted by Crippen LogP contribution is 2.38. The molecule has 0 saturated carbocycles. The number of carbonyl (C=O) groups is 3. The Morgan fingerprint density at radius 1 is 0.739 bits per heavy atom. The number of hydrazone groups is 1. The van der Waals surface area contributed by atoms with E-state index in [1.54, 1.807) is 60.7 Å². The molecule has 11 heteroatoms. The molecule has 2 N–H and O–H groups in total. The van der Waals surface area contributed by atoms with Crippen molar-refractivity contribution in [2.45, 2.75) is 0 Å². The Bertz CT molecular complexity index is 1710. The third kappa shape index (κ3) is 8.50. The van der Waals surface area contributed by atoms with Gasteiger partial charge in [0, 0.05) is 25.3 Å². The van der Waals surface area contributed by atoms with E-state index in [4.69, 9.17) is 18.9 Å². The van der Waals surface area contributed by atoms with Gasteiger partial charge in [-0.15, -0.1) is 0 Å². The molecule has 2 amide bonds. The first kappa shape index (κ1) is 32.8. The second kappa shape index (κ2) is 15.6. The van der Waals surface area contributed by atoms with E-state index in [0.29, 0.717) is 33.9 Å². The summed E-state index contributed by atoms with van der Waals surface area (Å²) >= 11 is 0. The van der Waals surface area contributed by atoms with E-state index in [1.165, 1.54) is 39.7 Å². The summed E-state index contributed by atoms with van der Waals surface area (Å²) in [6, 6.07) is 25.6. The Kier molecular flexibility index (Phi) is 11.1. The standard InChI is InChI=1S/C35H34N4O7/c1-39(2)27-15-11-23(12-16-27)19-29(37-33(40)25-9-7-6-8-10-25)34(41)38-36-22-24-13-17-28(18-14-24)46-35(42)26-20-30(43-3)32(45-5)31(21-26)44-4/h6-22H,1-5H3,(H,37,40)(H,38,41)/b29-19-,36-22-. The topological polar surface area (TPSA) is 128 Å². The molecule has 0 aliphatic carbocycles. The molecule has 0 heterocycles. The van der Waals surface area contributed by atoms with Gasteiger partial charge in [0.15, 0.2) is 11.5 Å². The van der Waals surface area contributed by atoms with Gasteiger partial charge in [-0.2, -0.15) is 5.10 Å². The maximum atomic E-state index is 13.1. The molecule has 0 spiro atoms. The third-order valence-corrected chi connectivity index (χ3v) is 6.62. The maximum Gasteiger partial charge on any atom is 0.343 e. The van der Waals surface area contributed by atoms with Crippen molar-refractivity contribution >= 4 is 35.8 Å². The summed E-state index contributed by atoms with van der Waals surface area (Å²) in [4.78, 5) is 40.7. The van der Waals surface area contributed by atoms with Gasteiger partial charge in [-0.05, 0) is 77.9 Å². The first-order valence-corrected chi connectivity index (χ1v) is 14.0. The number of carbonyl (C=O) groups excluding carboxylic acids is 3. The lowest BCUT2D eigenvalue weighted by Gasteiger charge is -2.13. The van der Waals surface area contributed by atoms with Crippen LogP contribution in [0.1, 0.15) is 31.8 Å². The Balaban J connectivity index is 1.44. The molecule has 0 aliphatic heterocycles. The zero-order valence-electron chi connectivity index (χ0n) is 26.1. The van der Waals surface area contributed by atoms with Crippen molar-refractivity contribution in [3.05, 3.63) is 119 Å². The lowest BCUT2D eigenvalue weighted by Crippen LogP contribution is -2.32. The van der Waals surface area contributed by atoms with Crippen molar-refractivity contribution in [2.75, 3.05) is 40.3 Å². The van der Waals surface area contributed by atoms with E-state index in [9.17, 15) is 14.4 Å². The first-order chi connectivity index (χ1) is 22.2. The average Bonchev–Trinajstić information content (AvgIpc) is 3.08. The number of methoxy groups -OCH3 is 3. The summed E-state index contributed by atoms with van der Waals surface area (Å²) in [5, 5.41) is 6.73. The molecule has 4 rings (SSSR count). The van der Waals surface area contributed by atoms with Crippen LogP contribution in [0.2, 0.25) is 0 Å². The van der Waals surface area contributed by atoms with Crippen molar-refractivity contribution in [1.82, 2.24) is 10.7 Å². The van der Waals surface area contributed by atoms with Crippen LogP contribution in [0.25, 0.3) is 6.08 Å². The second-order valence-corrected chi connectivity index (χ2v) is 9.94. The van der Waals surface area contributed by atoms with Crippen LogP contribution in [0.15, 0.2) is 102 Å². The summed E-state index contributed by atoms with van der Waals surface area (Å²) in [6.45, 7) is 0. The highest BCUT2D eigenvalue weighted by molar-refractivity contribution is 6.05. The maximum absolute atomic E-state index is 13.1. The van der Waals surface area contributed by atoms with Crippen molar-refractivity contribution in [1.29, 1.82) is 0 Å². The molecule has 46 heavy (non-hydrogen) atoms. The summed E-state index contributed by atoms with van der Waals surface area (Å²) in [5.41, 5.74) is 5.40. The molecule has 0 aromatic heterocycles. The van der Waals surface area contributed by atoms with Gasteiger partial charge in [0.1, 0.15) is 11.4 Å². The zero-order chi connectivity index (χ0) is 33.1. The van der Waals surface area contributed by atoms with E-state index in [0.717, 1.165) is 5.69 Å². The lowest BCUT2D eigenvalue weighted by atomic mass is 10.1. The summed E-state index contributed by atoms with van der Waals surface area (Å²) in [7, 11) is 8.24. The monoisotopic (exact) mass is 622 g/mol. The molecule has 4 aromatic rings. The number of ether oxygens (including phenoxy) is 4. The molecular weight excluding hydrogens is 588 g/mol. The number of nitrogens with one attached hydrogen (secondary N) is 2. The van der Waals surface area contributed by atoms with Crippen LogP contribution in [0.3, 0.4) is 0 Å². The third-order valence-electron chi connectivity index (χ3n) is 6.62. The molecule has 0 bridgehead atoms. The van der Waals surface area contributed by atoms with Crippen LogP contribution in [0.5, 0.6) is 23.0 Å². The zero-order valence-corrected chi connectivity index (χ0v) is 26.1. The van der Waals surface area contributed by atoms with E-state index < -0.39 is 17.8 Å². The summed E-state index contributed by atoms with van der Waals surface area (Å²) in [5.74, 6) is -0.391. The normalized spacial score (nSPS) is 11.0. The van der Waals surface area contributed by atoms with Crippen LogP contribution < -0.4 is 34.6 Å². The highest BCUT2D eigenvalue weighted by Gasteiger charge is 2.19. The van der Waals surface area contributed by atoms with Crippen molar-refractivity contribution < 1.29 is 33.3 Å². The molecule has 0 fully saturated rings. The van der Waals surface area contributed by atoms with Gasteiger partial charge in [0.2, 0.25) is 5.75 Å². The predicted octanol–water partition coefficient (Wildman–Crippen LogP) is 4.92. The van der Waals surface area contributed by atoms with E-state index in [1.807, 2.05) is 43.3 Å². The fourth-order valence-corrected chi connectivity index (χ4v) is 4.19. The molecule has 11 nitrogen and oxygen atoms in total. The number of nitrogens with zero attached hydrogens (tertiary/aromatic N) is 2. The number of hydrogen-bond donors (Lipinski definition) is 2. The van der Waals surface area contributed by atoms with Gasteiger partial charge < -0.3 is 29.2 Å². The number of anilines is 1. The molecule has 0 aliphatic rings. The van der Waals surface area contributed by atoms with Gasteiger partial charge in [-0.1, -0.05) is 30.3 Å². The molecule has 236 valence electrons. The number of amides is 2. The number of hydrogen-bond acceptors (Lipinski definition) is 9. The van der Waals surface area contributed by atoms with Crippen molar-refractivity contribution in [3.8, 4) is 23.0 Å². The number of benzene rings is 4. The van der Waals surface area contributed by atoms with E-state index >= 15 is 0 Å². The van der Waals surface area contributed by atoms with E-state index in [-0.39, 0.29) is 17.0 Å². The summed E-state index contributed by atoms with van der Waals surface area (Å²) < 4.78 is 21.4. The van der Waals surface area contributed by atoms with Crippen molar-refractivity contribution in [2.24, 2.45) is 5.10 Å². The van der Waals surface area contributed by atoms with Crippen LogP contribution in [-0.2, 0) is 4.79 Å². The summed E-state index contributed by atoms with van der Waals surface area (Å²) in [6.07, 6.45) is 2.99. The van der Waals surface area contributed by atoms with Crippen LogP contribution >= 0.6 is 0 Å². The predicted molar refractivity (Wildman–Crippen MR) is 176 cm³/mol. The van der Waals surface area contributed by atoms with Crippen molar-refractivity contribution in [3.63, 3.8) is 0 Å².